The van der Waals surface area contributed by atoms with E-state index in [0.717, 1.165) is 12.8 Å². The number of halogens is 1. The maximum atomic E-state index is 2.42. The Morgan fingerprint density at radius 2 is 1.43 bits per heavy atom. The van der Waals surface area contributed by atoms with Crippen LogP contribution in [0.25, 0.3) is 32.7 Å². The Labute approximate surface area is 149 Å². The number of rotatable bonds is 0. The minimum Gasteiger partial charge on any atom is -0.0620 e. The third kappa shape index (κ3) is 1.96. The first kappa shape index (κ1) is 13.6. The van der Waals surface area contributed by atoms with E-state index in [1.807, 2.05) is 0 Å². The molecule has 5 rings (SSSR count). The minimum absolute atomic E-state index is 1.13. The van der Waals surface area contributed by atoms with E-state index < -0.39 is 0 Å². The van der Waals surface area contributed by atoms with Crippen molar-refractivity contribution < 1.29 is 0 Å². The zero-order chi connectivity index (χ0) is 15.4. The van der Waals surface area contributed by atoms with Crippen LogP contribution in [0.3, 0.4) is 0 Å². The summed E-state index contributed by atoms with van der Waals surface area (Å²) in [6, 6.07) is 24.7. The van der Waals surface area contributed by atoms with Gasteiger partial charge in [0.05, 0.1) is 0 Å². The molecule has 0 spiro atoms. The van der Waals surface area contributed by atoms with E-state index in [4.69, 9.17) is 0 Å². The van der Waals surface area contributed by atoms with Gasteiger partial charge in [0.1, 0.15) is 0 Å². The quantitative estimate of drug-likeness (QED) is 0.235. The molecule has 1 aliphatic rings. The topological polar surface area (TPSA) is 0 Å². The van der Waals surface area contributed by atoms with E-state index in [0.29, 0.717) is 0 Å². The lowest BCUT2D eigenvalue weighted by Gasteiger charge is -2.24. The van der Waals surface area contributed by atoms with Gasteiger partial charge in [0, 0.05) is 3.57 Å². The van der Waals surface area contributed by atoms with E-state index in [9.17, 15) is 0 Å². The van der Waals surface area contributed by atoms with Crippen LogP contribution in [-0.2, 0) is 12.8 Å². The molecule has 0 atom stereocenters. The standard InChI is InChI=1S/C22H15I/c23-15-10-12-20-21(13-15)18-8-4-3-7-17(18)19-11-9-14-5-1-2-6-16(14)22(19)20/h1-8,10,12-13H,9,11H2. The molecule has 0 bridgehead atoms. The van der Waals surface area contributed by atoms with Crippen LogP contribution < -0.4 is 0 Å². The first-order valence-corrected chi connectivity index (χ1v) is 9.12. The molecule has 0 N–H and O–H groups in total. The van der Waals surface area contributed by atoms with Crippen molar-refractivity contribution in [3.63, 3.8) is 0 Å². The summed E-state index contributed by atoms with van der Waals surface area (Å²) in [5.41, 5.74) is 5.88. The van der Waals surface area contributed by atoms with Gasteiger partial charge in [0.15, 0.2) is 0 Å². The molecule has 110 valence electrons. The number of aryl methyl sites for hydroxylation is 2. The summed E-state index contributed by atoms with van der Waals surface area (Å²) in [6.45, 7) is 0. The molecule has 0 fully saturated rings. The van der Waals surface area contributed by atoms with Crippen molar-refractivity contribution in [3.05, 3.63) is 81.4 Å². The maximum Gasteiger partial charge on any atom is 0.0136 e. The van der Waals surface area contributed by atoms with Crippen molar-refractivity contribution in [2.75, 3.05) is 0 Å². The van der Waals surface area contributed by atoms with E-state index in [1.165, 1.54) is 47.4 Å². The van der Waals surface area contributed by atoms with Gasteiger partial charge in [-0.25, -0.2) is 0 Å². The fraction of sp³-hybridized carbons (Fsp3) is 0.0909. The van der Waals surface area contributed by atoms with E-state index in [-0.39, 0.29) is 0 Å². The fourth-order valence-electron chi connectivity index (χ4n) is 4.04. The highest BCUT2D eigenvalue weighted by Gasteiger charge is 2.21. The van der Waals surface area contributed by atoms with Gasteiger partial charge < -0.3 is 0 Å². The van der Waals surface area contributed by atoms with Gasteiger partial charge in [-0.05, 0) is 91.4 Å². The summed E-state index contributed by atoms with van der Waals surface area (Å²) < 4.78 is 1.30. The van der Waals surface area contributed by atoms with Gasteiger partial charge in [-0.2, -0.15) is 0 Å². The first-order valence-electron chi connectivity index (χ1n) is 8.04. The molecule has 0 amide bonds. The molecule has 1 heteroatoms. The molecule has 4 aromatic carbocycles. The van der Waals surface area contributed by atoms with Gasteiger partial charge >= 0.3 is 0 Å². The lowest BCUT2D eigenvalue weighted by molar-refractivity contribution is 0.953. The van der Waals surface area contributed by atoms with Crippen LogP contribution in [0.15, 0.2) is 66.7 Å². The molecule has 0 aromatic heterocycles. The molecular weight excluding hydrogens is 391 g/mol. The Hall–Kier alpha value is -1.87. The van der Waals surface area contributed by atoms with Crippen molar-refractivity contribution in [2.45, 2.75) is 12.8 Å². The van der Waals surface area contributed by atoms with E-state index in [2.05, 4.69) is 89.3 Å². The van der Waals surface area contributed by atoms with Crippen molar-refractivity contribution in [1.82, 2.24) is 0 Å². The van der Waals surface area contributed by atoms with Gasteiger partial charge in [-0.15, -0.1) is 0 Å². The number of fused-ring (bicyclic) bond motifs is 8. The molecule has 0 saturated heterocycles. The summed E-state index contributed by atoms with van der Waals surface area (Å²) in [4.78, 5) is 0. The Morgan fingerprint density at radius 3 is 2.35 bits per heavy atom. The zero-order valence-corrected chi connectivity index (χ0v) is 14.8. The average molecular weight is 406 g/mol. The van der Waals surface area contributed by atoms with Crippen LogP contribution in [0.2, 0.25) is 0 Å². The summed E-state index contributed by atoms with van der Waals surface area (Å²) in [5.74, 6) is 0. The minimum atomic E-state index is 1.13. The lowest BCUT2D eigenvalue weighted by Crippen LogP contribution is -2.05. The second-order valence-corrected chi connectivity index (χ2v) is 7.49. The van der Waals surface area contributed by atoms with Gasteiger partial charge in [-0.1, -0.05) is 54.6 Å². The molecule has 0 nitrogen and oxygen atoms in total. The van der Waals surface area contributed by atoms with Crippen molar-refractivity contribution in [1.29, 1.82) is 0 Å². The fourth-order valence-corrected chi connectivity index (χ4v) is 4.54. The van der Waals surface area contributed by atoms with Gasteiger partial charge in [0.25, 0.3) is 0 Å². The van der Waals surface area contributed by atoms with Crippen LogP contribution in [0.1, 0.15) is 11.1 Å². The monoisotopic (exact) mass is 406 g/mol. The van der Waals surface area contributed by atoms with E-state index >= 15 is 0 Å². The molecule has 23 heavy (non-hydrogen) atoms. The largest absolute Gasteiger partial charge is 0.0620 e. The molecule has 0 radical (unpaired) electrons. The second kappa shape index (κ2) is 5.07. The predicted octanol–water partition coefficient (Wildman–Crippen LogP) is 6.36. The Morgan fingerprint density at radius 1 is 0.652 bits per heavy atom. The third-order valence-corrected chi connectivity index (χ3v) is 5.70. The summed E-state index contributed by atoms with van der Waals surface area (Å²) in [6.07, 6.45) is 2.28. The third-order valence-electron chi connectivity index (χ3n) is 5.03. The van der Waals surface area contributed by atoms with Crippen LogP contribution >= 0.6 is 22.6 Å². The molecule has 0 unspecified atom stereocenters. The number of hydrogen-bond acceptors (Lipinski definition) is 0. The van der Waals surface area contributed by atoms with Crippen molar-refractivity contribution >= 4 is 44.1 Å². The Kier molecular flexibility index (Phi) is 2.99. The smallest absolute Gasteiger partial charge is 0.0136 e. The van der Waals surface area contributed by atoms with Crippen molar-refractivity contribution in [2.24, 2.45) is 0 Å². The summed E-state index contributed by atoms with van der Waals surface area (Å²) in [7, 11) is 0. The average Bonchev–Trinajstić information content (AvgIpc) is 2.61. The highest BCUT2D eigenvalue weighted by molar-refractivity contribution is 14.1. The molecule has 0 saturated carbocycles. The molecule has 0 heterocycles. The highest BCUT2D eigenvalue weighted by Crippen LogP contribution is 2.43. The number of benzene rings is 4. The van der Waals surface area contributed by atoms with Crippen molar-refractivity contribution in [3.8, 4) is 11.1 Å². The first-order chi connectivity index (χ1) is 11.3. The van der Waals surface area contributed by atoms with Crippen LogP contribution in [0.4, 0.5) is 0 Å². The molecule has 1 aliphatic carbocycles. The zero-order valence-electron chi connectivity index (χ0n) is 12.6. The Bertz CT molecular complexity index is 1080. The summed E-state index contributed by atoms with van der Waals surface area (Å²) in [5, 5.41) is 5.58. The van der Waals surface area contributed by atoms with Gasteiger partial charge in [0.2, 0.25) is 0 Å². The SMILES string of the molecule is Ic1ccc2c3c(c4ccccc4c2c1)CCc1ccccc1-3. The summed E-state index contributed by atoms with van der Waals surface area (Å²) >= 11 is 2.42. The highest BCUT2D eigenvalue weighted by atomic mass is 127. The normalized spacial score (nSPS) is 13.1. The molecule has 4 aromatic rings. The Balaban J connectivity index is 2.06. The maximum absolute atomic E-state index is 2.42. The molecule has 0 aliphatic heterocycles. The van der Waals surface area contributed by atoms with Crippen LogP contribution in [-0.4, -0.2) is 0 Å². The van der Waals surface area contributed by atoms with Gasteiger partial charge in [-0.3, -0.25) is 0 Å². The van der Waals surface area contributed by atoms with E-state index in [1.54, 1.807) is 0 Å². The second-order valence-electron chi connectivity index (χ2n) is 6.25. The van der Waals surface area contributed by atoms with Crippen LogP contribution in [0, 0.1) is 3.57 Å². The van der Waals surface area contributed by atoms with Crippen LogP contribution in [0.5, 0.6) is 0 Å². The number of hydrogen-bond donors (Lipinski definition) is 0. The molecular formula is C22H15I. The predicted molar refractivity (Wildman–Crippen MR) is 107 cm³/mol. The lowest BCUT2D eigenvalue weighted by atomic mass is 9.80.